The number of nitriles is 1. The smallest absolute Gasteiger partial charge is 0.325 e. The highest BCUT2D eigenvalue weighted by Gasteiger charge is 2.21. The van der Waals surface area contributed by atoms with Gasteiger partial charge in [0.15, 0.2) is 18.1 Å². The van der Waals surface area contributed by atoms with Crippen LogP contribution in [0.25, 0.3) is 5.69 Å². The van der Waals surface area contributed by atoms with Gasteiger partial charge >= 0.3 is 5.97 Å². The van der Waals surface area contributed by atoms with Gasteiger partial charge < -0.3 is 24.8 Å². The number of rotatable bonds is 7. The number of nitrogens with one attached hydrogen (secondary N) is 2. The zero-order valence-electron chi connectivity index (χ0n) is 19.1. The van der Waals surface area contributed by atoms with Gasteiger partial charge in [0.1, 0.15) is 18.4 Å². The molecule has 0 saturated heterocycles. The van der Waals surface area contributed by atoms with Gasteiger partial charge in [-0.15, -0.1) is 0 Å². The number of amides is 2. The number of para-hydroxylation sites is 1. The molecule has 0 bridgehead atoms. The third-order valence-electron chi connectivity index (χ3n) is 5.49. The van der Waals surface area contributed by atoms with Crippen LogP contribution >= 0.6 is 0 Å². The fourth-order valence-corrected chi connectivity index (χ4v) is 3.62. The number of ether oxygens (including phenoxy) is 3. The number of aromatic nitrogens is 1. The van der Waals surface area contributed by atoms with Crippen molar-refractivity contribution in [2.45, 2.75) is 13.8 Å². The zero-order chi connectivity index (χ0) is 24.9. The first kappa shape index (κ1) is 23.4. The highest BCUT2D eigenvalue weighted by atomic mass is 16.7. The summed E-state index contributed by atoms with van der Waals surface area (Å²) in [7, 11) is 0. The Hall–Kier alpha value is -4.78. The first-order chi connectivity index (χ1) is 16.9. The maximum absolute atomic E-state index is 12.5. The van der Waals surface area contributed by atoms with Crippen LogP contribution in [0.4, 0.5) is 5.82 Å². The summed E-state index contributed by atoms with van der Waals surface area (Å²) >= 11 is 0. The molecular weight excluding hydrogens is 452 g/mol. The standard InChI is InChI=1S/C25H22N4O6/c1-15-16(2)29(18-6-4-3-5-7-18)24(19(15)11-26)28-22(30)13-33-23(31)12-27-25(32)17-8-9-20-21(10-17)35-14-34-20/h3-10H,12-14H2,1-2H3,(H,27,32)(H,28,30). The Morgan fingerprint density at radius 1 is 1.09 bits per heavy atom. The minimum atomic E-state index is -0.791. The van der Waals surface area contributed by atoms with E-state index in [-0.39, 0.29) is 12.4 Å². The molecule has 35 heavy (non-hydrogen) atoms. The molecule has 0 saturated carbocycles. The normalized spacial score (nSPS) is 11.5. The summed E-state index contributed by atoms with van der Waals surface area (Å²) in [6, 6.07) is 16.0. The molecular formula is C25H22N4O6. The molecule has 10 heteroatoms. The average molecular weight is 474 g/mol. The summed E-state index contributed by atoms with van der Waals surface area (Å²) in [5.41, 5.74) is 2.91. The lowest BCUT2D eigenvalue weighted by molar-refractivity contribution is -0.146. The highest BCUT2D eigenvalue weighted by molar-refractivity contribution is 5.97. The van der Waals surface area contributed by atoms with Gasteiger partial charge in [-0.25, -0.2) is 0 Å². The predicted molar refractivity (Wildman–Crippen MR) is 124 cm³/mol. The van der Waals surface area contributed by atoms with E-state index in [9.17, 15) is 19.6 Å². The van der Waals surface area contributed by atoms with Gasteiger partial charge in [-0.05, 0) is 49.7 Å². The molecule has 1 aromatic heterocycles. The number of fused-ring (bicyclic) bond motifs is 1. The second-order valence-electron chi connectivity index (χ2n) is 7.68. The van der Waals surface area contributed by atoms with E-state index in [0.29, 0.717) is 22.9 Å². The van der Waals surface area contributed by atoms with Gasteiger partial charge in [-0.1, -0.05) is 18.2 Å². The fraction of sp³-hybridized carbons (Fsp3) is 0.200. The van der Waals surface area contributed by atoms with Crippen LogP contribution in [-0.4, -0.2) is 42.3 Å². The molecule has 1 aliphatic rings. The van der Waals surface area contributed by atoms with E-state index in [2.05, 4.69) is 16.7 Å². The van der Waals surface area contributed by atoms with Crippen LogP contribution in [0.1, 0.15) is 27.2 Å². The fourth-order valence-electron chi connectivity index (χ4n) is 3.62. The van der Waals surface area contributed by atoms with Gasteiger partial charge in [0.2, 0.25) is 6.79 Å². The Balaban J connectivity index is 1.35. The number of hydrogen-bond acceptors (Lipinski definition) is 7. The maximum atomic E-state index is 12.5. The molecule has 4 rings (SSSR count). The van der Waals surface area contributed by atoms with E-state index in [1.807, 2.05) is 37.3 Å². The van der Waals surface area contributed by atoms with Gasteiger partial charge in [-0.3, -0.25) is 19.0 Å². The van der Waals surface area contributed by atoms with Gasteiger partial charge in [0.25, 0.3) is 11.8 Å². The molecule has 2 amide bonds. The van der Waals surface area contributed by atoms with Crippen LogP contribution in [0, 0.1) is 25.2 Å². The molecule has 0 fully saturated rings. The SMILES string of the molecule is Cc1c(C#N)c(NC(=O)COC(=O)CNC(=O)c2ccc3c(c2)OCO3)n(-c2ccccc2)c1C. The Kier molecular flexibility index (Phi) is 6.69. The lowest BCUT2D eigenvalue weighted by Gasteiger charge is -2.13. The monoisotopic (exact) mass is 474 g/mol. The summed E-state index contributed by atoms with van der Waals surface area (Å²) in [4.78, 5) is 36.9. The van der Waals surface area contributed by atoms with Crippen LogP contribution in [-0.2, 0) is 14.3 Å². The van der Waals surface area contributed by atoms with E-state index < -0.39 is 30.9 Å². The molecule has 2 N–H and O–H groups in total. The van der Waals surface area contributed by atoms with E-state index in [0.717, 1.165) is 16.9 Å². The Labute approximate surface area is 201 Å². The maximum Gasteiger partial charge on any atom is 0.325 e. The lowest BCUT2D eigenvalue weighted by atomic mass is 10.2. The molecule has 2 heterocycles. The number of hydrogen-bond donors (Lipinski definition) is 2. The van der Waals surface area contributed by atoms with E-state index in [4.69, 9.17) is 14.2 Å². The number of anilines is 1. The predicted octanol–water partition coefficient (Wildman–Crippen LogP) is 2.61. The van der Waals surface area contributed by atoms with Crippen molar-refractivity contribution in [3.8, 4) is 23.3 Å². The van der Waals surface area contributed by atoms with E-state index >= 15 is 0 Å². The van der Waals surface area contributed by atoms with Crippen molar-refractivity contribution in [1.82, 2.24) is 9.88 Å². The number of esters is 1. The molecule has 0 radical (unpaired) electrons. The third kappa shape index (κ3) is 4.94. The van der Waals surface area contributed by atoms with Crippen molar-refractivity contribution in [2.75, 3.05) is 25.3 Å². The molecule has 178 valence electrons. The summed E-state index contributed by atoms with van der Waals surface area (Å²) in [5, 5.41) is 14.7. The van der Waals surface area contributed by atoms with Gasteiger partial charge in [-0.2, -0.15) is 5.26 Å². The quantitative estimate of drug-likeness (QED) is 0.503. The van der Waals surface area contributed by atoms with Gasteiger partial charge in [0.05, 0.1) is 5.56 Å². The second-order valence-corrected chi connectivity index (χ2v) is 7.68. The molecule has 2 aromatic carbocycles. The van der Waals surface area contributed by atoms with Crippen LogP contribution < -0.4 is 20.1 Å². The van der Waals surface area contributed by atoms with Crippen LogP contribution in [0.3, 0.4) is 0 Å². The van der Waals surface area contributed by atoms with Crippen molar-refractivity contribution in [3.63, 3.8) is 0 Å². The zero-order valence-corrected chi connectivity index (χ0v) is 19.1. The van der Waals surface area contributed by atoms with E-state index in [1.54, 1.807) is 23.6 Å². The Bertz CT molecular complexity index is 1340. The topological polar surface area (TPSA) is 132 Å². The van der Waals surface area contributed by atoms with Crippen LogP contribution in [0.15, 0.2) is 48.5 Å². The highest BCUT2D eigenvalue weighted by Crippen LogP contribution is 2.32. The number of carbonyl (C=O) groups is 3. The van der Waals surface area contributed by atoms with Crippen molar-refractivity contribution in [1.29, 1.82) is 5.26 Å². The summed E-state index contributed by atoms with van der Waals surface area (Å²) < 4.78 is 17.2. The minimum absolute atomic E-state index is 0.0832. The molecule has 0 spiro atoms. The van der Waals surface area contributed by atoms with Crippen molar-refractivity contribution in [3.05, 3.63) is 70.9 Å². The Morgan fingerprint density at radius 2 is 1.83 bits per heavy atom. The van der Waals surface area contributed by atoms with Crippen molar-refractivity contribution < 1.29 is 28.6 Å². The average Bonchev–Trinajstić information content (AvgIpc) is 3.43. The first-order valence-corrected chi connectivity index (χ1v) is 10.7. The lowest BCUT2D eigenvalue weighted by Crippen LogP contribution is -2.32. The molecule has 10 nitrogen and oxygen atoms in total. The molecule has 0 unspecified atom stereocenters. The summed E-state index contributed by atoms with van der Waals surface area (Å²) in [5.74, 6) is -0.636. The molecule has 0 aliphatic carbocycles. The molecule has 3 aromatic rings. The van der Waals surface area contributed by atoms with E-state index in [1.165, 1.54) is 6.07 Å². The first-order valence-electron chi connectivity index (χ1n) is 10.7. The van der Waals surface area contributed by atoms with Crippen molar-refractivity contribution >= 4 is 23.6 Å². The largest absolute Gasteiger partial charge is 0.454 e. The van der Waals surface area contributed by atoms with Gasteiger partial charge in [0, 0.05) is 16.9 Å². The van der Waals surface area contributed by atoms with Crippen molar-refractivity contribution in [2.24, 2.45) is 0 Å². The summed E-state index contributed by atoms with van der Waals surface area (Å²) in [6.45, 7) is 2.72. The number of nitrogens with zero attached hydrogens (tertiary/aromatic N) is 2. The Morgan fingerprint density at radius 3 is 2.57 bits per heavy atom. The molecule has 1 aliphatic heterocycles. The minimum Gasteiger partial charge on any atom is -0.454 e. The van der Waals surface area contributed by atoms with Crippen LogP contribution in [0.5, 0.6) is 11.5 Å². The second kappa shape index (κ2) is 10.0. The number of benzene rings is 2. The molecule has 0 atom stereocenters. The summed E-state index contributed by atoms with van der Waals surface area (Å²) in [6.07, 6.45) is 0. The number of carbonyl (C=O) groups excluding carboxylic acids is 3. The van der Waals surface area contributed by atoms with Crippen LogP contribution in [0.2, 0.25) is 0 Å². The third-order valence-corrected chi connectivity index (χ3v) is 5.49.